The smallest absolute Gasteiger partial charge is 0.244 e. The van der Waals surface area contributed by atoms with Crippen molar-refractivity contribution in [1.29, 1.82) is 0 Å². The highest BCUT2D eigenvalue weighted by molar-refractivity contribution is 5.40. The van der Waals surface area contributed by atoms with Crippen LogP contribution in [0, 0.1) is 5.92 Å². The second-order valence-corrected chi connectivity index (χ2v) is 4.75. The third kappa shape index (κ3) is 3.53. The zero-order chi connectivity index (χ0) is 12.8. The van der Waals surface area contributed by atoms with E-state index in [4.69, 9.17) is 4.74 Å². The summed E-state index contributed by atoms with van der Waals surface area (Å²) in [5.41, 5.74) is 0. The van der Waals surface area contributed by atoms with E-state index in [9.17, 15) is 0 Å². The Bertz CT molecular complexity index is 373. The Hall–Kier alpha value is -1.43. The fraction of sp³-hybridized carbons (Fsp3) is 0.750. The van der Waals surface area contributed by atoms with Crippen LogP contribution in [0.15, 0.2) is 6.20 Å². The fourth-order valence-electron chi connectivity index (χ4n) is 2.18. The van der Waals surface area contributed by atoms with Gasteiger partial charge in [0.2, 0.25) is 5.95 Å². The van der Waals surface area contributed by atoms with Crippen LogP contribution in [0.25, 0.3) is 0 Å². The average Bonchev–Trinajstić information content (AvgIpc) is 2.39. The Morgan fingerprint density at radius 2 is 2.44 bits per heavy atom. The summed E-state index contributed by atoms with van der Waals surface area (Å²) in [7, 11) is 1.67. The van der Waals surface area contributed by atoms with Gasteiger partial charge in [0.25, 0.3) is 0 Å². The van der Waals surface area contributed by atoms with Crippen LogP contribution < -0.4 is 10.2 Å². The molecule has 6 heteroatoms. The van der Waals surface area contributed by atoms with Crippen LogP contribution >= 0.6 is 0 Å². The molecule has 18 heavy (non-hydrogen) atoms. The first-order chi connectivity index (χ1) is 8.79. The van der Waals surface area contributed by atoms with E-state index < -0.39 is 0 Å². The van der Waals surface area contributed by atoms with Crippen molar-refractivity contribution in [1.82, 2.24) is 15.2 Å². The van der Waals surface area contributed by atoms with E-state index >= 15 is 0 Å². The second-order valence-electron chi connectivity index (χ2n) is 4.75. The maximum Gasteiger partial charge on any atom is 0.244 e. The summed E-state index contributed by atoms with van der Waals surface area (Å²) in [6.45, 7) is 5.71. The quantitative estimate of drug-likeness (QED) is 0.792. The SMILES string of the molecule is COCCNc1nncc(N2CCCC(C)C2)n1. The van der Waals surface area contributed by atoms with Crippen molar-refractivity contribution in [2.75, 3.05) is 43.6 Å². The number of ether oxygens (including phenoxy) is 1. The standard InChI is InChI=1S/C12H21N5O/c1-10-4-3-6-17(9-10)11-8-14-16-12(15-11)13-5-7-18-2/h8,10H,3-7,9H2,1-2H3,(H,13,15,16). The van der Waals surface area contributed by atoms with Gasteiger partial charge < -0.3 is 15.0 Å². The lowest BCUT2D eigenvalue weighted by atomic mass is 10.0. The number of piperidine rings is 1. The van der Waals surface area contributed by atoms with E-state index in [1.807, 2.05) is 0 Å². The maximum atomic E-state index is 4.98. The van der Waals surface area contributed by atoms with Crippen molar-refractivity contribution in [2.45, 2.75) is 19.8 Å². The first kappa shape index (κ1) is 13.0. The van der Waals surface area contributed by atoms with E-state index in [-0.39, 0.29) is 0 Å². The van der Waals surface area contributed by atoms with Crippen molar-refractivity contribution in [3.63, 3.8) is 0 Å². The van der Waals surface area contributed by atoms with Crippen molar-refractivity contribution < 1.29 is 4.74 Å². The Balaban J connectivity index is 1.97. The van der Waals surface area contributed by atoms with E-state index in [2.05, 4.69) is 32.3 Å². The van der Waals surface area contributed by atoms with Crippen LogP contribution in [0.3, 0.4) is 0 Å². The highest BCUT2D eigenvalue weighted by atomic mass is 16.5. The summed E-state index contributed by atoms with van der Waals surface area (Å²) < 4.78 is 4.98. The maximum absolute atomic E-state index is 4.98. The monoisotopic (exact) mass is 251 g/mol. The minimum absolute atomic E-state index is 0.572. The van der Waals surface area contributed by atoms with Gasteiger partial charge in [-0.25, -0.2) is 0 Å². The van der Waals surface area contributed by atoms with Gasteiger partial charge in [-0.1, -0.05) is 6.92 Å². The lowest BCUT2D eigenvalue weighted by Crippen LogP contribution is -2.35. The van der Waals surface area contributed by atoms with Crippen molar-refractivity contribution in [3.05, 3.63) is 6.20 Å². The van der Waals surface area contributed by atoms with E-state index in [1.54, 1.807) is 13.3 Å². The topological polar surface area (TPSA) is 63.2 Å². The fourth-order valence-corrected chi connectivity index (χ4v) is 2.18. The number of hydrogen-bond donors (Lipinski definition) is 1. The van der Waals surface area contributed by atoms with Crippen molar-refractivity contribution in [2.24, 2.45) is 5.92 Å². The summed E-state index contributed by atoms with van der Waals surface area (Å²) >= 11 is 0. The molecule has 1 unspecified atom stereocenters. The Morgan fingerprint density at radius 3 is 3.22 bits per heavy atom. The zero-order valence-electron chi connectivity index (χ0n) is 11.1. The summed E-state index contributed by atoms with van der Waals surface area (Å²) in [5, 5.41) is 11.1. The minimum atomic E-state index is 0.572. The molecular weight excluding hydrogens is 230 g/mol. The molecule has 6 nitrogen and oxygen atoms in total. The summed E-state index contributed by atoms with van der Waals surface area (Å²) in [5.74, 6) is 2.21. The lowest BCUT2D eigenvalue weighted by molar-refractivity contribution is 0.210. The second kappa shape index (κ2) is 6.49. The molecule has 1 fully saturated rings. The molecule has 2 heterocycles. The van der Waals surface area contributed by atoms with Crippen LogP contribution in [-0.4, -0.2) is 48.5 Å². The van der Waals surface area contributed by atoms with Crippen LogP contribution in [0.1, 0.15) is 19.8 Å². The Kier molecular flexibility index (Phi) is 4.69. The van der Waals surface area contributed by atoms with Gasteiger partial charge in [0, 0.05) is 26.7 Å². The molecule has 0 radical (unpaired) electrons. The molecule has 0 saturated carbocycles. The third-order valence-electron chi connectivity index (χ3n) is 3.12. The van der Waals surface area contributed by atoms with Gasteiger partial charge in [-0.2, -0.15) is 10.1 Å². The molecule has 0 bridgehead atoms. The third-order valence-corrected chi connectivity index (χ3v) is 3.12. The van der Waals surface area contributed by atoms with Gasteiger partial charge in [-0.3, -0.25) is 0 Å². The van der Waals surface area contributed by atoms with Crippen molar-refractivity contribution >= 4 is 11.8 Å². The van der Waals surface area contributed by atoms with Gasteiger partial charge in [-0.15, -0.1) is 5.10 Å². The molecule has 0 spiro atoms. The first-order valence-corrected chi connectivity index (χ1v) is 6.47. The number of aromatic nitrogens is 3. The number of hydrogen-bond acceptors (Lipinski definition) is 6. The molecule has 0 amide bonds. The molecule has 1 aliphatic rings. The van der Waals surface area contributed by atoms with Gasteiger partial charge >= 0.3 is 0 Å². The van der Waals surface area contributed by atoms with Gasteiger partial charge in [-0.05, 0) is 18.8 Å². The van der Waals surface area contributed by atoms with Gasteiger partial charge in [0.15, 0.2) is 5.82 Å². The minimum Gasteiger partial charge on any atom is -0.383 e. The molecule has 1 aliphatic heterocycles. The molecule has 100 valence electrons. The molecule has 1 aromatic rings. The highest BCUT2D eigenvalue weighted by Gasteiger charge is 2.18. The molecule has 2 rings (SSSR count). The number of nitrogens with zero attached hydrogens (tertiary/aromatic N) is 4. The molecule has 1 saturated heterocycles. The molecule has 0 aromatic carbocycles. The predicted molar refractivity (Wildman–Crippen MR) is 70.8 cm³/mol. The molecule has 0 aliphatic carbocycles. The number of rotatable bonds is 5. The summed E-state index contributed by atoms with van der Waals surface area (Å²) in [4.78, 5) is 6.77. The Labute approximate surface area is 108 Å². The van der Waals surface area contributed by atoms with E-state index in [0.717, 1.165) is 24.8 Å². The normalized spacial score (nSPS) is 19.9. The molecule has 1 N–H and O–H groups in total. The molecule has 1 aromatic heterocycles. The van der Waals surface area contributed by atoms with Gasteiger partial charge in [0.05, 0.1) is 12.8 Å². The highest BCUT2D eigenvalue weighted by Crippen LogP contribution is 2.20. The van der Waals surface area contributed by atoms with Crippen molar-refractivity contribution in [3.8, 4) is 0 Å². The number of methoxy groups -OCH3 is 1. The van der Waals surface area contributed by atoms with Crippen LogP contribution in [0.4, 0.5) is 11.8 Å². The van der Waals surface area contributed by atoms with Crippen LogP contribution in [0.5, 0.6) is 0 Å². The number of anilines is 2. The van der Waals surface area contributed by atoms with Crippen LogP contribution in [-0.2, 0) is 4.74 Å². The molecular formula is C12H21N5O. The van der Waals surface area contributed by atoms with Gasteiger partial charge in [0.1, 0.15) is 0 Å². The van der Waals surface area contributed by atoms with Crippen LogP contribution in [0.2, 0.25) is 0 Å². The van der Waals surface area contributed by atoms with E-state index in [1.165, 1.54) is 12.8 Å². The average molecular weight is 251 g/mol. The largest absolute Gasteiger partial charge is 0.383 e. The number of nitrogens with one attached hydrogen (secondary N) is 1. The predicted octanol–water partition coefficient (Wildman–Crippen LogP) is 1.17. The van der Waals surface area contributed by atoms with E-state index in [0.29, 0.717) is 19.1 Å². The Morgan fingerprint density at radius 1 is 1.56 bits per heavy atom. The summed E-state index contributed by atoms with van der Waals surface area (Å²) in [6.07, 6.45) is 4.26. The summed E-state index contributed by atoms with van der Waals surface area (Å²) in [6, 6.07) is 0. The first-order valence-electron chi connectivity index (χ1n) is 6.47. The molecule has 1 atom stereocenters. The zero-order valence-corrected chi connectivity index (χ0v) is 11.1. The lowest BCUT2D eigenvalue weighted by Gasteiger charge is -2.31.